The molecule has 1 unspecified atom stereocenters. The molecule has 6 heteroatoms. The van der Waals surface area contributed by atoms with Crippen LogP contribution in [0.2, 0.25) is 0 Å². The molecule has 1 aromatic heterocycles. The maximum Gasteiger partial charge on any atom is 0.319 e. The van der Waals surface area contributed by atoms with Crippen LogP contribution in [0.5, 0.6) is 0 Å². The summed E-state index contributed by atoms with van der Waals surface area (Å²) in [7, 11) is 0. The van der Waals surface area contributed by atoms with Crippen LogP contribution in [-0.2, 0) is 14.9 Å². The molecule has 15 heavy (non-hydrogen) atoms. The first-order valence-electron chi connectivity index (χ1n) is 4.44. The summed E-state index contributed by atoms with van der Waals surface area (Å²) in [4.78, 5) is 19.3. The molecule has 80 valence electrons. The number of rotatable bonds is 2. The Balaban J connectivity index is 2.41. The van der Waals surface area contributed by atoms with Crippen molar-refractivity contribution in [2.45, 2.75) is 11.8 Å². The Bertz CT molecular complexity index is 373. The van der Waals surface area contributed by atoms with E-state index in [1.54, 1.807) is 12.4 Å². The second-order valence-electron chi connectivity index (χ2n) is 3.41. The molecule has 1 aromatic rings. The zero-order valence-electron chi connectivity index (χ0n) is 7.81. The van der Waals surface area contributed by atoms with Crippen molar-refractivity contribution in [1.29, 1.82) is 0 Å². The van der Waals surface area contributed by atoms with E-state index in [0.29, 0.717) is 18.9 Å². The highest BCUT2D eigenvalue weighted by Crippen LogP contribution is 2.31. The van der Waals surface area contributed by atoms with Gasteiger partial charge in [-0.2, -0.15) is 0 Å². The van der Waals surface area contributed by atoms with E-state index >= 15 is 0 Å². The molecular formula is C9H9BrN2O3. The minimum atomic E-state index is -1.07. The van der Waals surface area contributed by atoms with Gasteiger partial charge in [-0.3, -0.25) is 4.79 Å². The Labute approximate surface area is 94.6 Å². The first kappa shape index (κ1) is 10.5. The Morgan fingerprint density at radius 3 is 2.67 bits per heavy atom. The lowest BCUT2D eigenvalue weighted by molar-refractivity contribution is -0.144. The maximum absolute atomic E-state index is 11.2. The standard InChI is InChI=1S/C9H9BrN2O3/c10-6-3-11-7(12-4-6)9(8(13)14)1-2-15-5-9/h3-4H,1-2,5H2,(H,13,14). The number of halogens is 1. The van der Waals surface area contributed by atoms with Crippen LogP contribution in [-0.4, -0.2) is 34.3 Å². The number of ether oxygens (including phenoxy) is 1. The van der Waals surface area contributed by atoms with Gasteiger partial charge in [-0.15, -0.1) is 0 Å². The zero-order chi connectivity index (χ0) is 10.9. The third-order valence-corrected chi connectivity index (χ3v) is 2.89. The van der Waals surface area contributed by atoms with Crippen molar-refractivity contribution in [2.24, 2.45) is 0 Å². The molecule has 1 N–H and O–H groups in total. The molecule has 0 amide bonds. The molecule has 0 saturated carbocycles. The van der Waals surface area contributed by atoms with Crippen molar-refractivity contribution in [3.8, 4) is 0 Å². The average molecular weight is 273 g/mol. The van der Waals surface area contributed by atoms with Gasteiger partial charge < -0.3 is 9.84 Å². The molecule has 0 aliphatic carbocycles. The highest BCUT2D eigenvalue weighted by molar-refractivity contribution is 9.10. The predicted molar refractivity (Wildman–Crippen MR) is 54.5 cm³/mol. The Morgan fingerprint density at radius 2 is 2.20 bits per heavy atom. The van der Waals surface area contributed by atoms with Gasteiger partial charge in [0.05, 0.1) is 11.1 Å². The van der Waals surface area contributed by atoms with E-state index in [9.17, 15) is 9.90 Å². The van der Waals surface area contributed by atoms with Gasteiger partial charge in [0.1, 0.15) is 5.82 Å². The normalized spacial score (nSPS) is 25.4. The molecular weight excluding hydrogens is 264 g/mol. The number of hydrogen-bond acceptors (Lipinski definition) is 4. The van der Waals surface area contributed by atoms with E-state index in [0.717, 1.165) is 4.47 Å². The smallest absolute Gasteiger partial charge is 0.319 e. The lowest BCUT2D eigenvalue weighted by Crippen LogP contribution is -2.38. The SMILES string of the molecule is O=C(O)C1(c2ncc(Br)cn2)CCOC1. The van der Waals surface area contributed by atoms with E-state index in [-0.39, 0.29) is 6.61 Å². The van der Waals surface area contributed by atoms with Crippen molar-refractivity contribution < 1.29 is 14.6 Å². The van der Waals surface area contributed by atoms with Crippen LogP contribution in [0.4, 0.5) is 0 Å². The molecule has 1 aliphatic rings. The molecule has 1 atom stereocenters. The third kappa shape index (κ3) is 1.74. The third-order valence-electron chi connectivity index (χ3n) is 2.48. The molecule has 1 saturated heterocycles. The molecule has 5 nitrogen and oxygen atoms in total. The summed E-state index contributed by atoms with van der Waals surface area (Å²) in [5, 5.41) is 9.21. The quantitative estimate of drug-likeness (QED) is 0.869. The van der Waals surface area contributed by atoms with Gasteiger partial charge in [-0.25, -0.2) is 9.97 Å². The number of aromatic nitrogens is 2. The van der Waals surface area contributed by atoms with E-state index < -0.39 is 11.4 Å². The van der Waals surface area contributed by atoms with Gasteiger partial charge in [-0.1, -0.05) is 0 Å². The lowest BCUT2D eigenvalue weighted by Gasteiger charge is -2.19. The summed E-state index contributed by atoms with van der Waals surface area (Å²) in [5.41, 5.74) is -1.07. The van der Waals surface area contributed by atoms with Gasteiger partial charge in [-0.05, 0) is 22.4 Å². The minimum Gasteiger partial charge on any atom is -0.480 e. The fraction of sp³-hybridized carbons (Fsp3) is 0.444. The second-order valence-corrected chi connectivity index (χ2v) is 4.33. The Kier molecular flexibility index (Phi) is 2.70. The van der Waals surface area contributed by atoms with Gasteiger partial charge in [0.15, 0.2) is 5.41 Å². The fourth-order valence-electron chi connectivity index (χ4n) is 1.57. The van der Waals surface area contributed by atoms with E-state index in [1.165, 1.54) is 0 Å². The highest BCUT2D eigenvalue weighted by atomic mass is 79.9. The number of carbonyl (C=O) groups is 1. The van der Waals surface area contributed by atoms with Gasteiger partial charge in [0, 0.05) is 19.0 Å². The van der Waals surface area contributed by atoms with E-state index in [1.807, 2.05) is 0 Å². The Morgan fingerprint density at radius 1 is 1.53 bits per heavy atom. The summed E-state index contributed by atoms with van der Waals surface area (Å²) in [6.45, 7) is 0.579. The molecule has 0 spiro atoms. The number of carboxylic acid groups (broad SMARTS) is 1. The van der Waals surface area contributed by atoms with Crippen LogP contribution >= 0.6 is 15.9 Å². The molecule has 0 radical (unpaired) electrons. The van der Waals surface area contributed by atoms with Crippen molar-refractivity contribution >= 4 is 21.9 Å². The van der Waals surface area contributed by atoms with Crippen LogP contribution in [0, 0.1) is 0 Å². The maximum atomic E-state index is 11.2. The van der Waals surface area contributed by atoms with E-state index in [4.69, 9.17) is 4.74 Å². The van der Waals surface area contributed by atoms with Crippen LogP contribution < -0.4 is 0 Å². The number of carboxylic acids is 1. The fourth-order valence-corrected chi connectivity index (χ4v) is 1.77. The first-order chi connectivity index (χ1) is 7.15. The molecule has 2 heterocycles. The number of hydrogen-bond donors (Lipinski definition) is 1. The Hall–Kier alpha value is -1.01. The average Bonchev–Trinajstić information content (AvgIpc) is 2.69. The summed E-state index contributed by atoms with van der Waals surface area (Å²) in [6.07, 6.45) is 3.51. The highest BCUT2D eigenvalue weighted by Gasteiger charge is 2.46. The summed E-state index contributed by atoms with van der Waals surface area (Å²) in [5.74, 6) is -0.613. The van der Waals surface area contributed by atoms with Crippen molar-refractivity contribution in [2.75, 3.05) is 13.2 Å². The predicted octanol–water partition coefficient (Wildman–Crippen LogP) is 0.982. The summed E-state index contributed by atoms with van der Waals surface area (Å²) < 4.78 is 5.86. The molecule has 1 fully saturated rings. The number of aliphatic carboxylic acids is 1. The first-order valence-corrected chi connectivity index (χ1v) is 5.24. The van der Waals surface area contributed by atoms with Gasteiger partial charge >= 0.3 is 5.97 Å². The van der Waals surface area contributed by atoms with Crippen LogP contribution in [0.1, 0.15) is 12.2 Å². The van der Waals surface area contributed by atoms with Crippen molar-refractivity contribution in [1.82, 2.24) is 9.97 Å². The van der Waals surface area contributed by atoms with Crippen molar-refractivity contribution in [3.63, 3.8) is 0 Å². The molecule has 0 aromatic carbocycles. The van der Waals surface area contributed by atoms with Crippen LogP contribution in [0.3, 0.4) is 0 Å². The van der Waals surface area contributed by atoms with E-state index in [2.05, 4.69) is 25.9 Å². The largest absolute Gasteiger partial charge is 0.480 e. The topological polar surface area (TPSA) is 72.3 Å². The van der Waals surface area contributed by atoms with Gasteiger partial charge in [0.25, 0.3) is 0 Å². The molecule has 0 bridgehead atoms. The summed E-state index contributed by atoms with van der Waals surface area (Å²) >= 11 is 3.21. The monoisotopic (exact) mass is 272 g/mol. The minimum absolute atomic E-state index is 0.143. The summed E-state index contributed by atoms with van der Waals surface area (Å²) in [6, 6.07) is 0. The van der Waals surface area contributed by atoms with Crippen molar-refractivity contribution in [3.05, 3.63) is 22.7 Å². The van der Waals surface area contributed by atoms with Crippen LogP contribution in [0.15, 0.2) is 16.9 Å². The lowest BCUT2D eigenvalue weighted by atomic mass is 9.86. The molecule has 1 aliphatic heterocycles. The number of nitrogens with zero attached hydrogens (tertiary/aromatic N) is 2. The van der Waals surface area contributed by atoms with Gasteiger partial charge in [0.2, 0.25) is 0 Å². The van der Waals surface area contributed by atoms with Crippen LogP contribution in [0.25, 0.3) is 0 Å². The second kappa shape index (κ2) is 3.86. The molecule has 2 rings (SSSR count). The zero-order valence-corrected chi connectivity index (χ0v) is 9.40.